The van der Waals surface area contributed by atoms with Crippen LogP contribution >= 0.6 is 0 Å². The van der Waals surface area contributed by atoms with E-state index in [0.717, 1.165) is 6.20 Å². The van der Waals surface area contributed by atoms with Gasteiger partial charge in [-0.25, -0.2) is 18.9 Å². The molecule has 0 saturated heterocycles. The lowest BCUT2D eigenvalue weighted by Crippen LogP contribution is -2.05. The van der Waals surface area contributed by atoms with Gasteiger partial charge >= 0.3 is 0 Å². The van der Waals surface area contributed by atoms with Crippen LogP contribution in [0.4, 0.5) is 20.7 Å². The van der Waals surface area contributed by atoms with Crippen molar-refractivity contribution in [1.29, 1.82) is 0 Å². The number of halogens is 2. The molecule has 4 rings (SSSR count). The molecule has 1 aromatic carbocycles. The van der Waals surface area contributed by atoms with Crippen LogP contribution in [-0.4, -0.2) is 35.3 Å². The second-order valence-corrected chi connectivity index (χ2v) is 6.49. The molecule has 0 unspecified atom stereocenters. The van der Waals surface area contributed by atoms with Gasteiger partial charge in [0.15, 0.2) is 11.6 Å². The van der Waals surface area contributed by atoms with Crippen LogP contribution in [0.25, 0.3) is 22.5 Å². The third-order valence-electron chi connectivity index (χ3n) is 4.09. The number of benzene rings is 1. The van der Waals surface area contributed by atoms with Gasteiger partial charge in [0.05, 0.1) is 6.20 Å². The zero-order valence-electron chi connectivity index (χ0n) is 15.6. The van der Waals surface area contributed by atoms with Crippen molar-refractivity contribution in [2.75, 3.05) is 5.32 Å². The molecule has 0 aliphatic rings. The molecule has 3 aromatic heterocycles. The van der Waals surface area contributed by atoms with Gasteiger partial charge in [0.25, 0.3) is 0 Å². The fraction of sp³-hybridized carbons (Fsp3) is 0.158. The highest BCUT2D eigenvalue weighted by Gasteiger charge is 2.19. The van der Waals surface area contributed by atoms with Crippen LogP contribution in [0.15, 0.2) is 42.7 Å². The van der Waals surface area contributed by atoms with Gasteiger partial charge in [0.1, 0.15) is 17.2 Å². The normalized spacial score (nSPS) is 11.1. The highest BCUT2D eigenvalue weighted by Crippen LogP contribution is 2.32. The molecule has 8 nitrogen and oxygen atoms in total. The largest absolute Gasteiger partial charge is 0.292 e. The van der Waals surface area contributed by atoms with E-state index in [1.165, 1.54) is 24.4 Å². The number of rotatable bonds is 5. The van der Waals surface area contributed by atoms with Crippen molar-refractivity contribution in [3.63, 3.8) is 0 Å². The molecule has 4 aromatic rings. The maximum atomic E-state index is 14.5. The molecule has 0 saturated carbocycles. The Balaban J connectivity index is 1.81. The summed E-state index contributed by atoms with van der Waals surface area (Å²) in [6.45, 7) is 3.92. The number of aromatic amines is 1. The van der Waals surface area contributed by atoms with Crippen LogP contribution in [0.3, 0.4) is 0 Å². The van der Waals surface area contributed by atoms with Crippen molar-refractivity contribution < 1.29 is 8.78 Å². The summed E-state index contributed by atoms with van der Waals surface area (Å²) >= 11 is 0. The smallest absolute Gasteiger partial charge is 0.250 e. The topological polar surface area (TPSA) is 105 Å². The molecule has 0 radical (unpaired) electrons. The van der Waals surface area contributed by atoms with Crippen molar-refractivity contribution in [3.05, 3.63) is 60.2 Å². The molecule has 0 atom stereocenters. The quantitative estimate of drug-likeness (QED) is 0.529. The molecule has 0 fully saturated rings. The number of anilines is 2. The van der Waals surface area contributed by atoms with E-state index in [9.17, 15) is 8.78 Å². The Morgan fingerprint density at radius 1 is 0.931 bits per heavy atom. The van der Waals surface area contributed by atoms with E-state index < -0.39 is 11.6 Å². The van der Waals surface area contributed by atoms with Gasteiger partial charge in [0, 0.05) is 23.2 Å². The summed E-state index contributed by atoms with van der Waals surface area (Å²) in [5, 5.41) is 17.8. The minimum absolute atomic E-state index is 0.0629. The first kappa shape index (κ1) is 18.5. The van der Waals surface area contributed by atoms with Gasteiger partial charge in [-0.15, -0.1) is 10.2 Å². The van der Waals surface area contributed by atoms with Crippen LogP contribution < -0.4 is 5.32 Å². The Bertz CT molecular complexity index is 1160. The van der Waals surface area contributed by atoms with Gasteiger partial charge in [-0.2, -0.15) is 10.1 Å². The predicted octanol–water partition coefficient (Wildman–Crippen LogP) is 3.86. The van der Waals surface area contributed by atoms with Gasteiger partial charge < -0.3 is 0 Å². The van der Waals surface area contributed by atoms with Crippen LogP contribution in [0.5, 0.6) is 0 Å². The molecule has 0 amide bonds. The van der Waals surface area contributed by atoms with Crippen molar-refractivity contribution in [3.8, 4) is 22.5 Å². The third-order valence-corrected chi connectivity index (χ3v) is 4.09. The first-order valence-corrected chi connectivity index (χ1v) is 8.81. The molecule has 10 heteroatoms. The van der Waals surface area contributed by atoms with E-state index in [0.29, 0.717) is 11.8 Å². The summed E-state index contributed by atoms with van der Waals surface area (Å²) in [7, 11) is 0. The van der Waals surface area contributed by atoms with E-state index >= 15 is 0 Å². The Hall–Kier alpha value is -3.82. The van der Waals surface area contributed by atoms with Crippen LogP contribution in [0, 0.1) is 11.6 Å². The van der Waals surface area contributed by atoms with Crippen LogP contribution in [0.2, 0.25) is 0 Å². The Morgan fingerprint density at radius 2 is 1.72 bits per heavy atom. The summed E-state index contributed by atoms with van der Waals surface area (Å²) in [6.07, 6.45) is 2.47. The van der Waals surface area contributed by atoms with E-state index in [4.69, 9.17) is 0 Å². The molecule has 3 heterocycles. The minimum Gasteiger partial charge on any atom is -0.292 e. The summed E-state index contributed by atoms with van der Waals surface area (Å²) in [6, 6.07) is 7.48. The van der Waals surface area contributed by atoms with Gasteiger partial charge in [-0.1, -0.05) is 26.0 Å². The number of hydrogen-bond acceptors (Lipinski definition) is 7. The Kier molecular flexibility index (Phi) is 4.90. The van der Waals surface area contributed by atoms with Crippen molar-refractivity contribution >= 4 is 11.9 Å². The highest BCUT2D eigenvalue weighted by molar-refractivity contribution is 5.78. The van der Waals surface area contributed by atoms with Crippen LogP contribution in [0.1, 0.15) is 25.6 Å². The summed E-state index contributed by atoms with van der Waals surface area (Å²) in [4.78, 5) is 12.4. The summed E-state index contributed by atoms with van der Waals surface area (Å²) in [5.41, 5.74) is 0.513. The maximum absolute atomic E-state index is 14.5. The van der Waals surface area contributed by atoms with Gasteiger partial charge in [-0.05, 0) is 18.2 Å². The zero-order valence-corrected chi connectivity index (χ0v) is 15.6. The Morgan fingerprint density at radius 3 is 2.45 bits per heavy atom. The van der Waals surface area contributed by atoms with E-state index in [1.54, 1.807) is 12.1 Å². The average molecular weight is 394 g/mol. The van der Waals surface area contributed by atoms with E-state index in [1.807, 2.05) is 13.8 Å². The number of nitrogens with one attached hydrogen (secondary N) is 2. The lowest BCUT2D eigenvalue weighted by atomic mass is 10.0. The van der Waals surface area contributed by atoms with Crippen molar-refractivity contribution in [2.45, 2.75) is 19.8 Å². The first-order valence-electron chi connectivity index (χ1n) is 8.81. The highest BCUT2D eigenvalue weighted by atomic mass is 19.1. The SMILES string of the molecule is CC(C)c1n[nH]c(Nc2nnc(-c3ccncc3F)c(-c3ccccc3F)n2)n1. The van der Waals surface area contributed by atoms with Crippen molar-refractivity contribution in [2.24, 2.45) is 0 Å². The van der Waals surface area contributed by atoms with Crippen LogP contribution in [-0.2, 0) is 0 Å². The van der Waals surface area contributed by atoms with E-state index in [-0.39, 0.29) is 34.4 Å². The molecule has 146 valence electrons. The zero-order chi connectivity index (χ0) is 20.4. The third kappa shape index (κ3) is 3.77. The van der Waals surface area contributed by atoms with Crippen molar-refractivity contribution in [1.82, 2.24) is 35.3 Å². The second-order valence-electron chi connectivity index (χ2n) is 6.49. The van der Waals surface area contributed by atoms with Gasteiger partial charge in [0.2, 0.25) is 11.9 Å². The first-order chi connectivity index (χ1) is 14.0. The lowest BCUT2D eigenvalue weighted by molar-refractivity contribution is 0.623. The Labute approximate surface area is 164 Å². The number of nitrogens with zero attached hydrogens (tertiary/aromatic N) is 6. The average Bonchev–Trinajstić information content (AvgIpc) is 3.18. The summed E-state index contributed by atoms with van der Waals surface area (Å²) < 4.78 is 28.8. The number of hydrogen-bond donors (Lipinski definition) is 2. The number of aromatic nitrogens is 7. The molecule has 0 bridgehead atoms. The molecule has 0 aliphatic carbocycles. The fourth-order valence-electron chi connectivity index (χ4n) is 2.66. The summed E-state index contributed by atoms with van der Waals surface area (Å²) in [5.74, 6) is -0.00185. The molecule has 0 spiro atoms. The fourth-order valence-corrected chi connectivity index (χ4v) is 2.66. The maximum Gasteiger partial charge on any atom is 0.250 e. The number of pyridine rings is 1. The predicted molar refractivity (Wildman–Crippen MR) is 102 cm³/mol. The number of H-pyrrole nitrogens is 1. The minimum atomic E-state index is -0.612. The molecular weight excluding hydrogens is 378 g/mol. The lowest BCUT2D eigenvalue weighted by Gasteiger charge is -2.10. The second kappa shape index (κ2) is 7.66. The molecule has 29 heavy (non-hydrogen) atoms. The van der Waals surface area contributed by atoms with E-state index in [2.05, 4.69) is 40.7 Å². The van der Waals surface area contributed by atoms with Gasteiger partial charge in [-0.3, -0.25) is 10.3 Å². The monoisotopic (exact) mass is 394 g/mol. The molecular formula is C19H16F2N8. The standard InChI is InChI=1S/C19H16F2N8/c1-10(2)17-24-19(29-27-17)25-18-23-15(11-5-3-4-6-13(11)20)16(26-28-18)12-7-8-22-9-14(12)21/h3-10H,1-2H3,(H2,23,24,25,27,28,29). The molecule has 2 N–H and O–H groups in total. The molecule has 0 aliphatic heterocycles.